The second-order valence-electron chi connectivity index (χ2n) is 7.15. The highest BCUT2D eigenvalue weighted by molar-refractivity contribution is 4.69. The third kappa shape index (κ3) is 21.7. The maximum atomic E-state index is 3.72. The van der Waals surface area contributed by atoms with Crippen molar-refractivity contribution < 1.29 is 0 Å². The number of hydrogen-bond acceptors (Lipinski definition) is 1. The molecule has 1 N–H and O–H groups in total. The standard InChI is InChI=1S/C22H45N/c1-3-5-6-7-8-9-10-11-12-13-14-15-16-17-18-19-20-22-23-21-4-2/h4,23H,2-3,5-22H2,1H3. The summed E-state index contributed by atoms with van der Waals surface area (Å²) >= 11 is 0. The second-order valence-corrected chi connectivity index (χ2v) is 7.15. The number of hydrogen-bond donors (Lipinski definition) is 1. The van der Waals surface area contributed by atoms with Gasteiger partial charge in [0.2, 0.25) is 0 Å². The van der Waals surface area contributed by atoms with Crippen LogP contribution in [-0.4, -0.2) is 13.1 Å². The minimum absolute atomic E-state index is 0.957. The van der Waals surface area contributed by atoms with Gasteiger partial charge in [-0.05, 0) is 13.0 Å². The van der Waals surface area contributed by atoms with E-state index in [1.165, 1.54) is 109 Å². The SMILES string of the molecule is C=CCNCCCCCCCCCCCCCCCCCCC. The Bertz CT molecular complexity index is 212. The van der Waals surface area contributed by atoms with Crippen LogP contribution in [0.1, 0.15) is 116 Å². The van der Waals surface area contributed by atoms with E-state index in [2.05, 4.69) is 18.8 Å². The first-order chi connectivity index (χ1) is 11.4. The predicted molar refractivity (Wildman–Crippen MR) is 107 cm³/mol. The third-order valence-electron chi connectivity index (χ3n) is 4.75. The van der Waals surface area contributed by atoms with Gasteiger partial charge < -0.3 is 5.32 Å². The summed E-state index contributed by atoms with van der Waals surface area (Å²) in [7, 11) is 0. The number of unbranched alkanes of at least 4 members (excludes halogenated alkanes) is 16. The third-order valence-corrected chi connectivity index (χ3v) is 4.75. The van der Waals surface area contributed by atoms with Crippen molar-refractivity contribution >= 4 is 0 Å². The van der Waals surface area contributed by atoms with Crippen molar-refractivity contribution in [2.24, 2.45) is 0 Å². The molecule has 0 heterocycles. The van der Waals surface area contributed by atoms with E-state index in [4.69, 9.17) is 0 Å². The summed E-state index contributed by atoms with van der Waals surface area (Å²) in [6.07, 6.45) is 26.5. The fourth-order valence-electron chi connectivity index (χ4n) is 3.18. The topological polar surface area (TPSA) is 12.0 Å². The lowest BCUT2D eigenvalue weighted by Gasteiger charge is -2.04. The van der Waals surface area contributed by atoms with E-state index >= 15 is 0 Å². The van der Waals surface area contributed by atoms with E-state index in [0.29, 0.717) is 0 Å². The van der Waals surface area contributed by atoms with Crippen LogP contribution >= 0.6 is 0 Å². The first-order valence-corrected chi connectivity index (χ1v) is 10.7. The minimum Gasteiger partial charge on any atom is -0.313 e. The molecule has 0 unspecified atom stereocenters. The molecule has 0 aliphatic carbocycles. The zero-order valence-electron chi connectivity index (χ0n) is 16.2. The first kappa shape index (κ1) is 22.7. The molecule has 0 radical (unpaired) electrons. The molecule has 0 saturated heterocycles. The van der Waals surface area contributed by atoms with Crippen LogP contribution in [0.15, 0.2) is 12.7 Å². The Morgan fingerprint density at radius 1 is 0.565 bits per heavy atom. The summed E-state index contributed by atoms with van der Waals surface area (Å²) in [4.78, 5) is 0. The predicted octanol–water partition coefficient (Wildman–Crippen LogP) is 7.41. The Kier molecular flexibility index (Phi) is 21.4. The van der Waals surface area contributed by atoms with Gasteiger partial charge in [-0.1, -0.05) is 116 Å². The van der Waals surface area contributed by atoms with Gasteiger partial charge in [-0.3, -0.25) is 0 Å². The lowest BCUT2D eigenvalue weighted by atomic mass is 10.0. The molecule has 0 amide bonds. The fourth-order valence-corrected chi connectivity index (χ4v) is 3.18. The molecular formula is C22H45N. The normalized spacial score (nSPS) is 11.0. The fraction of sp³-hybridized carbons (Fsp3) is 0.909. The maximum absolute atomic E-state index is 3.72. The van der Waals surface area contributed by atoms with Gasteiger partial charge in [-0.25, -0.2) is 0 Å². The smallest absolute Gasteiger partial charge is 0.0132 e. The Labute approximate surface area is 147 Å². The van der Waals surface area contributed by atoms with Gasteiger partial charge in [-0.15, -0.1) is 6.58 Å². The molecular weight excluding hydrogens is 278 g/mol. The molecule has 0 atom stereocenters. The molecule has 138 valence electrons. The molecule has 23 heavy (non-hydrogen) atoms. The number of rotatable bonds is 20. The molecule has 0 aromatic rings. The van der Waals surface area contributed by atoms with Crippen molar-refractivity contribution in [2.45, 2.75) is 116 Å². The van der Waals surface area contributed by atoms with Crippen LogP contribution in [0.2, 0.25) is 0 Å². The highest BCUT2D eigenvalue weighted by Crippen LogP contribution is 2.13. The van der Waals surface area contributed by atoms with Crippen LogP contribution in [0.25, 0.3) is 0 Å². The van der Waals surface area contributed by atoms with E-state index in [0.717, 1.165) is 13.1 Å². The van der Waals surface area contributed by atoms with Gasteiger partial charge in [0, 0.05) is 6.54 Å². The summed E-state index contributed by atoms with van der Waals surface area (Å²) < 4.78 is 0. The summed E-state index contributed by atoms with van der Waals surface area (Å²) in [5, 5.41) is 3.37. The van der Waals surface area contributed by atoms with Gasteiger partial charge in [-0.2, -0.15) is 0 Å². The Hall–Kier alpha value is -0.300. The number of nitrogens with one attached hydrogen (secondary N) is 1. The molecule has 1 nitrogen and oxygen atoms in total. The Morgan fingerprint density at radius 2 is 0.913 bits per heavy atom. The monoisotopic (exact) mass is 323 g/mol. The molecule has 0 saturated carbocycles. The quantitative estimate of drug-likeness (QED) is 0.182. The average molecular weight is 324 g/mol. The maximum Gasteiger partial charge on any atom is 0.0132 e. The van der Waals surface area contributed by atoms with Crippen LogP contribution in [0.5, 0.6) is 0 Å². The van der Waals surface area contributed by atoms with E-state index in [-0.39, 0.29) is 0 Å². The van der Waals surface area contributed by atoms with E-state index < -0.39 is 0 Å². The molecule has 1 heteroatoms. The summed E-state index contributed by atoms with van der Waals surface area (Å²) in [6.45, 7) is 8.12. The van der Waals surface area contributed by atoms with Crippen LogP contribution in [0.3, 0.4) is 0 Å². The summed E-state index contributed by atoms with van der Waals surface area (Å²) in [5.74, 6) is 0. The highest BCUT2D eigenvalue weighted by atomic mass is 14.8. The minimum atomic E-state index is 0.957. The zero-order valence-corrected chi connectivity index (χ0v) is 16.2. The molecule has 0 spiro atoms. The van der Waals surface area contributed by atoms with Crippen molar-refractivity contribution in [1.82, 2.24) is 5.32 Å². The van der Waals surface area contributed by atoms with Crippen molar-refractivity contribution in [3.63, 3.8) is 0 Å². The molecule has 0 aromatic carbocycles. The highest BCUT2D eigenvalue weighted by Gasteiger charge is 1.94. The van der Waals surface area contributed by atoms with Crippen LogP contribution in [-0.2, 0) is 0 Å². The summed E-state index contributed by atoms with van der Waals surface area (Å²) in [5.41, 5.74) is 0. The van der Waals surface area contributed by atoms with Crippen LogP contribution in [0.4, 0.5) is 0 Å². The molecule has 0 bridgehead atoms. The van der Waals surface area contributed by atoms with E-state index in [9.17, 15) is 0 Å². The van der Waals surface area contributed by atoms with E-state index in [1.54, 1.807) is 0 Å². The molecule has 0 rings (SSSR count). The van der Waals surface area contributed by atoms with Gasteiger partial charge in [0.15, 0.2) is 0 Å². The lowest BCUT2D eigenvalue weighted by molar-refractivity contribution is 0.525. The van der Waals surface area contributed by atoms with Crippen molar-refractivity contribution in [3.05, 3.63) is 12.7 Å². The van der Waals surface area contributed by atoms with Crippen molar-refractivity contribution in [2.75, 3.05) is 13.1 Å². The van der Waals surface area contributed by atoms with Crippen LogP contribution < -0.4 is 5.32 Å². The molecule has 0 aliphatic heterocycles. The Morgan fingerprint density at radius 3 is 1.26 bits per heavy atom. The van der Waals surface area contributed by atoms with Gasteiger partial charge in [0.05, 0.1) is 0 Å². The van der Waals surface area contributed by atoms with E-state index in [1.807, 2.05) is 6.08 Å². The van der Waals surface area contributed by atoms with Crippen LogP contribution in [0, 0.1) is 0 Å². The Balaban J connectivity index is 2.93. The molecule has 0 aromatic heterocycles. The van der Waals surface area contributed by atoms with Crippen molar-refractivity contribution in [3.8, 4) is 0 Å². The second kappa shape index (κ2) is 21.7. The van der Waals surface area contributed by atoms with Gasteiger partial charge in [0.25, 0.3) is 0 Å². The first-order valence-electron chi connectivity index (χ1n) is 10.7. The largest absolute Gasteiger partial charge is 0.313 e. The zero-order chi connectivity index (χ0) is 16.8. The molecule has 0 aliphatic rings. The molecule has 0 fully saturated rings. The van der Waals surface area contributed by atoms with Crippen molar-refractivity contribution in [1.29, 1.82) is 0 Å². The average Bonchev–Trinajstić information content (AvgIpc) is 2.57. The lowest BCUT2D eigenvalue weighted by Crippen LogP contribution is -2.14. The summed E-state index contributed by atoms with van der Waals surface area (Å²) in [6, 6.07) is 0. The van der Waals surface area contributed by atoms with Gasteiger partial charge in [0.1, 0.15) is 0 Å². The van der Waals surface area contributed by atoms with Gasteiger partial charge >= 0.3 is 0 Å².